The van der Waals surface area contributed by atoms with Gasteiger partial charge in [0.05, 0.1) is 11.6 Å². The maximum absolute atomic E-state index is 11.4. The topological polar surface area (TPSA) is 66.4 Å². The molecule has 0 spiro atoms. The van der Waals surface area contributed by atoms with Crippen LogP contribution in [0, 0.1) is 5.41 Å². The number of carboxylic acids is 1. The second-order valence-corrected chi connectivity index (χ2v) is 7.54. The van der Waals surface area contributed by atoms with E-state index < -0.39 is 5.97 Å². The van der Waals surface area contributed by atoms with E-state index in [9.17, 15) is 14.7 Å². The third-order valence-corrected chi connectivity index (χ3v) is 4.82. The summed E-state index contributed by atoms with van der Waals surface area (Å²) in [6.07, 6.45) is 1.23. The Labute approximate surface area is 147 Å². The molecule has 1 atom stereocenters. The summed E-state index contributed by atoms with van der Waals surface area (Å²) in [5.41, 5.74) is 4.41. The van der Waals surface area contributed by atoms with Gasteiger partial charge in [-0.05, 0) is 53.6 Å². The van der Waals surface area contributed by atoms with Crippen molar-refractivity contribution < 1.29 is 14.7 Å². The summed E-state index contributed by atoms with van der Waals surface area (Å²) in [5.74, 6) is -0.751. The first kappa shape index (κ1) is 17.2. The highest BCUT2D eigenvalue weighted by atomic mass is 16.4. The fourth-order valence-electron chi connectivity index (χ4n) is 3.66. The number of aromatic carboxylic acids is 1. The molecular weight excluding hydrogens is 314 g/mol. The molecular formula is C21H23NO3. The van der Waals surface area contributed by atoms with Crippen molar-refractivity contribution in [2.75, 3.05) is 5.32 Å². The summed E-state index contributed by atoms with van der Waals surface area (Å²) in [7, 11) is 0. The molecule has 25 heavy (non-hydrogen) atoms. The number of anilines is 1. The highest BCUT2D eigenvalue weighted by molar-refractivity contribution is 5.88. The normalized spacial score (nSPS) is 18.1. The van der Waals surface area contributed by atoms with Gasteiger partial charge in [-0.2, -0.15) is 0 Å². The summed E-state index contributed by atoms with van der Waals surface area (Å²) in [6.45, 7) is 5.96. The van der Waals surface area contributed by atoms with Crippen molar-refractivity contribution in [2.24, 2.45) is 5.41 Å². The zero-order valence-corrected chi connectivity index (χ0v) is 14.8. The first-order chi connectivity index (χ1) is 11.8. The fraction of sp³-hybridized carbons (Fsp3) is 0.333. The molecule has 1 aliphatic heterocycles. The summed E-state index contributed by atoms with van der Waals surface area (Å²) >= 11 is 0. The van der Waals surface area contributed by atoms with Crippen LogP contribution in [0.4, 0.5) is 5.69 Å². The summed E-state index contributed by atoms with van der Waals surface area (Å²) in [6, 6.07) is 13.5. The molecule has 3 rings (SSSR count). The van der Waals surface area contributed by atoms with E-state index in [1.165, 1.54) is 0 Å². The number of hydrogen-bond donors (Lipinski definition) is 2. The van der Waals surface area contributed by atoms with Gasteiger partial charge in [-0.25, -0.2) is 4.79 Å². The average Bonchev–Trinajstić information content (AvgIpc) is 2.52. The molecule has 0 saturated heterocycles. The van der Waals surface area contributed by atoms with Crippen molar-refractivity contribution in [3.63, 3.8) is 0 Å². The van der Waals surface area contributed by atoms with Crippen LogP contribution in [0.2, 0.25) is 0 Å². The molecule has 0 aliphatic carbocycles. The first-order valence-electron chi connectivity index (χ1n) is 8.47. The highest BCUT2D eigenvalue weighted by Crippen LogP contribution is 2.45. The van der Waals surface area contributed by atoms with Crippen LogP contribution in [-0.2, 0) is 17.6 Å². The minimum Gasteiger partial charge on any atom is -0.478 e. The molecule has 2 aromatic carbocycles. The third-order valence-electron chi connectivity index (χ3n) is 4.82. The Morgan fingerprint density at radius 1 is 1.20 bits per heavy atom. The van der Waals surface area contributed by atoms with Gasteiger partial charge in [-0.3, -0.25) is 4.79 Å². The molecule has 1 heterocycles. The molecule has 0 fully saturated rings. The lowest BCUT2D eigenvalue weighted by Crippen LogP contribution is -2.35. The molecule has 0 bridgehead atoms. The molecule has 0 saturated carbocycles. The van der Waals surface area contributed by atoms with Crippen LogP contribution < -0.4 is 5.32 Å². The minimum absolute atomic E-state index is 0.0844. The van der Waals surface area contributed by atoms with Crippen LogP contribution in [0.3, 0.4) is 0 Å². The zero-order valence-electron chi connectivity index (χ0n) is 14.8. The van der Waals surface area contributed by atoms with Crippen molar-refractivity contribution in [3.8, 4) is 0 Å². The number of hydrogen-bond acceptors (Lipinski definition) is 3. The maximum atomic E-state index is 11.4. The van der Waals surface area contributed by atoms with Crippen LogP contribution in [-0.4, -0.2) is 16.9 Å². The monoisotopic (exact) mass is 337 g/mol. The van der Waals surface area contributed by atoms with Crippen LogP contribution >= 0.6 is 0 Å². The molecule has 0 amide bonds. The molecule has 2 N–H and O–H groups in total. The maximum Gasteiger partial charge on any atom is 0.335 e. The minimum atomic E-state index is -0.903. The number of ketones is 1. The zero-order chi connectivity index (χ0) is 18.2. The van der Waals surface area contributed by atoms with E-state index in [1.54, 1.807) is 19.1 Å². The number of nitrogens with one attached hydrogen (secondary N) is 1. The van der Waals surface area contributed by atoms with E-state index in [0.29, 0.717) is 12.0 Å². The Morgan fingerprint density at radius 2 is 1.96 bits per heavy atom. The molecule has 0 aromatic heterocycles. The fourth-order valence-corrected chi connectivity index (χ4v) is 3.66. The van der Waals surface area contributed by atoms with Gasteiger partial charge in [0, 0.05) is 12.1 Å². The number of Topliss-reactive ketones (excluding diaryl/α,β-unsaturated/α-hetero) is 1. The molecule has 4 heteroatoms. The quantitative estimate of drug-likeness (QED) is 0.875. The summed E-state index contributed by atoms with van der Waals surface area (Å²) in [4.78, 5) is 22.6. The van der Waals surface area contributed by atoms with Gasteiger partial charge in [-0.15, -0.1) is 0 Å². The van der Waals surface area contributed by atoms with E-state index >= 15 is 0 Å². The molecule has 130 valence electrons. The molecule has 4 nitrogen and oxygen atoms in total. The molecule has 2 aromatic rings. The standard InChI is InChI=1S/C21H23NO3/c1-13(23)9-14-5-4-6-15(10-14)19-21(2,3)12-17-11-16(20(24)25)7-8-18(17)22-19/h4-8,10-11,19,22H,9,12H2,1-3H3,(H,24,25). The van der Waals surface area contributed by atoms with E-state index in [1.807, 2.05) is 18.2 Å². The number of carboxylic acid groups (broad SMARTS) is 1. The first-order valence-corrected chi connectivity index (χ1v) is 8.47. The van der Waals surface area contributed by atoms with E-state index in [-0.39, 0.29) is 17.2 Å². The van der Waals surface area contributed by atoms with Crippen molar-refractivity contribution >= 4 is 17.4 Å². The number of fused-ring (bicyclic) bond motifs is 1. The highest BCUT2D eigenvalue weighted by Gasteiger charge is 2.36. The van der Waals surface area contributed by atoms with E-state index in [4.69, 9.17) is 0 Å². The van der Waals surface area contributed by atoms with E-state index in [0.717, 1.165) is 28.8 Å². The molecule has 0 radical (unpaired) electrons. The molecule has 1 aliphatic rings. The Bertz CT molecular complexity index is 839. The second kappa shape index (κ2) is 6.36. The van der Waals surface area contributed by atoms with Gasteiger partial charge in [0.15, 0.2) is 0 Å². The number of rotatable bonds is 4. The SMILES string of the molecule is CC(=O)Cc1cccc(C2Nc3ccc(C(=O)O)cc3CC2(C)C)c1. The lowest BCUT2D eigenvalue weighted by atomic mass is 9.72. The average molecular weight is 337 g/mol. The van der Waals surface area contributed by atoms with Gasteiger partial charge < -0.3 is 10.4 Å². The summed E-state index contributed by atoms with van der Waals surface area (Å²) < 4.78 is 0. The second-order valence-electron chi connectivity index (χ2n) is 7.54. The number of carbonyl (C=O) groups excluding carboxylic acids is 1. The predicted octanol–water partition coefficient (Wildman–Crippen LogP) is 4.25. The Hall–Kier alpha value is -2.62. The Kier molecular flexibility index (Phi) is 4.38. The van der Waals surface area contributed by atoms with Crippen molar-refractivity contribution in [1.82, 2.24) is 0 Å². The van der Waals surface area contributed by atoms with E-state index in [2.05, 4.69) is 31.3 Å². The van der Waals surface area contributed by atoms with Gasteiger partial charge in [-0.1, -0.05) is 38.1 Å². The van der Waals surface area contributed by atoms with Gasteiger partial charge in [0.25, 0.3) is 0 Å². The Balaban J connectivity index is 1.96. The van der Waals surface area contributed by atoms with Gasteiger partial charge in [0.1, 0.15) is 5.78 Å². The van der Waals surface area contributed by atoms with Gasteiger partial charge in [0.2, 0.25) is 0 Å². The van der Waals surface area contributed by atoms with Crippen molar-refractivity contribution in [2.45, 2.75) is 39.7 Å². The predicted molar refractivity (Wildman–Crippen MR) is 98.1 cm³/mol. The number of benzene rings is 2. The number of carbonyl (C=O) groups is 2. The van der Waals surface area contributed by atoms with Gasteiger partial charge >= 0.3 is 5.97 Å². The third kappa shape index (κ3) is 3.58. The smallest absolute Gasteiger partial charge is 0.335 e. The Morgan fingerprint density at radius 3 is 2.64 bits per heavy atom. The lowest BCUT2D eigenvalue weighted by molar-refractivity contribution is -0.116. The van der Waals surface area contributed by atoms with Crippen LogP contribution in [0.15, 0.2) is 42.5 Å². The molecule has 1 unspecified atom stereocenters. The summed E-state index contributed by atoms with van der Waals surface area (Å²) in [5, 5.41) is 12.8. The largest absolute Gasteiger partial charge is 0.478 e. The lowest BCUT2D eigenvalue weighted by Gasteiger charge is -2.41. The van der Waals surface area contributed by atoms with Crippen molar-refractivity contribution in [1.29, 1.82) is 0 Å². The van der Waals surface area contributed by atoms with Crippen molar-refractivity contribution in [3.05, 3.63) is 64.7 Å². The van der Waals surface area contributed by atoms with Crippen LogP contribution in [0.5, 0.6) is 0 Å². The van der Waals surface area contributed by atoms with Crippen LogP contribution in [0.1, 0.15) is 53.9 Å². The van der Waals surface area contributed by atoms with Crippen LogP contribution in [0.25, 0.3) is 0 Å².